The van der Waals surface area contributed by atoms with Crippen LogP contribution in [-0.2, 0) is 4.79 Å². The summed E-state index contributed by atoms with van der Waals surface area (Å²) in [6.07, 6.45) is 2.12. The van der Waals surface area contributed by atoms with Crippen LogP contribution < -0.4 is 0 Å². The molecular formula is C13H22N2O3S. The van der Waals surface area contributed by atoms with Crippen molar-refractivity contribution in [3.63, 3.8) is 0 Å². The van der Waals surface area contributed by atoms with Gasteiger partial charge in [0, 0.05) is 31.1 Å². The highest BCUT2D eigenvalue weighted by atomic mass is 32.2. The van der Waals surface area contributed by atoms with Crippen LogP contribution in [0.15, 0.2) is 0 Å². The molecule has 2 aliphatic rings. The summed E-state index contributed by atoms with van der Waals surface area (Å²) < 4.78 is 0. The molecule has 0 aromatic heterocycles. The van der Waals surface area contributed by atoms with Gasteiger partial charge in [0.05, 0.1) is 0 Å². The number of carboxylic acids is 1. The molecule has 0 spiro atoms. The second-order valence-corrected chi connectivity index (χ2v) is 7.24. The summed E-state index contributed by atoms with van der Waals surface area (Å²) in [5.74, 6) is 0.433. The molecule has 6 heteroatoms. The van der Waals surface area contributed by atoms with Crippen molar-refractivity contribution >= 4 is 23.8 Å². The summed E-state index contributed by atoms with van der Waals surface area (Å²) in [7, 11) is 0. The van der Waals surface area contributed by atoms with E-state index < -0.39 is 12.0 Å². The molecule has 0 bridgehead atoms. The number of carbonyl (C=O) groups is 2. The molecule has 2 fully saturated rings. The molecule has 2 amide bonds. The van der Waals surface area contributed by atoms with Gasteiger partial charge in [0.25, 0.3) is 0 Å². The van der Waals surface area contributed by atoms with Gasteiger partial charge in [0.2, 0.25) is 0 Å². The van der Waals surface area contributed by atoms with Crippen LogP contribution in [0, 0.1) is 5.41 Å². The largest absolute Gasteiger partial charge is 0.480 e. The number of likely N-dealkylation sites (tertiary alicyclic amines) is 1. The smallest absolute Gasteiger partial charge is 0.327 e. The van der Waals surface area contributed by atoms with Gasteiger partial charge in [-0.3, -0.25) is 0 Å². The minimum Gasteiger partial charge on any atom is -0.480 e. The molecule has 19 heavy (non-hydrogen) atoms. The van der Waals surface area contributed by atoms with Gasteiger partial charge in [-0.2, -0.15) is 11.8 Å². The Balaban J connectivity index is 2.06. The van der Waals surface area contributed by atoms with E-state index in [4.69, 9.17) is 0 Å². The van der Waals surface area contributed by atoms with E-state index >= 15 is 0 Å². The minimum absolute atomic E-state index is 0.0968. The predicted molar refractivity (Wildman–Crippen MR) is 75.4 cm³/mol. The van der Waals surface area contributed by atoms with E-state index in [1.165, 1.54) is 0 Å². The zero-order valence-corrected chi connectivity index (χ0v) is 12.4. The molecule has 2 rings (SSSR count). The molecule has 2 heterocycles. The van der Waals surface area contributed by atoms with Crippen molar-refractivity contribution in [2.45, 2.75) is 32.7 Å². The monoisotopic (exact) mass is 286 g/mol. The summed E-state index contributed by atoms with van der Waals surface area (Å²) >= 11 is 1.61. The Hall–Kier alpha value is -0.910. The van der Waals surface area contributed by atoms with Gasteiger partial charge in [-0.05, 0) is 18.3 Å². The summed E-state index contributed by atoms with van der Waals surface area (Å²) in [6.45, 7) is 6.33. The first kappa shape index (κ1) is 14.5. The maximum Gasteiger partial charge on any atom is 0.327 e. The predicted octanol–water partition coefficient (Wildman–Crippen LogP) is 1.73. The normalized spacial score (nSPS) is 27.2. The number of carbonyl (C=O) groups excluding carboxylic acids is 1. The maximum absolute atomic E-state index is 12.5. The number of aliphatic carboxylic acids is 1. The molecule has 108 valence electrons. The van der Waals surface area contributed by atoms with E-state index in [1.807, 2.05) is 4.90 Å². The molecule has 0 aliphatic carbocycles. The van der Waals surface area contributed by atoms with Crippen LogP contribution in [0.3, 0.4) is 0 Å². The lowest BCUT2D eigenvalue weighted by molar-refractivity contribution is -0.141. The molecule has 0 aromatic rings. The highest BCUT2D eigenvalue weighted by Crippen LogP contribution is 2.29. The van der Waals surface area contributed by atoms with E-state index in [2.05, 4.69) is 13.8 Å². The van der Waals surface area contributed by atoms with Crippen molar-refractivity contribution in [2.75, 3.05) is 31.1 Å². The van der Waals surface area contributed by atoms with Crippen LogP contribution in [0.25, 0.3) is 0 Å². The van der Waals surface area contributed by atoms with Crippen molar-refractivity contribution in [2.24, 2.45) is 5.41 Å². The molecular weight excluding hydrogens is 264 g/mol. The fourth-order valence-electron chi connectivity index (χ4n) is 2.81. The molecule has 1 atom stereocenters. The summed E-state index contributed by atoms with van der Waals surface area (Å²) in [4.78, 5) is 27.2. The molecule has 1 unspecified atom stereocenters. The van der Waals surface area contributed by atoms with E-state index in [9.17, 15) is 14.7 Å². The molecule has 2 aliphatic heterocycles. The number of amides is 2. The number of nitrogens with zero attached hydrogens (tertiary/aromatic N) is 2. The van der Waals surface area contributed by atoms with Crippen LogP contribution in [0.5, 0.6) is 0 Å². The Bertz CT molecular complexity index is 373. The Labute approximate surface area is 118 Å². The molecule has 0 aromatic carbocycles. The topological polar surface area (TPSA) is 60.9 Å². The average molecular weight is 286 g/mol. The summed E-state index contributed by atoms with van der Waals surface area (Å²) in [5.41, 5.74) is 0.136. The fraction of sp³-hybridized carbons (Fsp3) is 0.846. The zero-order chi connectivity index (χ0) is 14.0. The van der Waals surface area contributed by atoms with Crippen LogP contribution in [0.4, 0.5) is 4.79 Å². The van der Waals surface area contributed by atoms with Crippen molar-refractivity contribution in [3.05, 3.63) is 0 Å². The van der Waals surface area contributed by atoms with Crippen LogP contribution in [-0.4, -0.2) is 64.1 Å². The van der Waals surface area contributed by atoms with Gasteiger partial charge in [0.15, 0.2) is 0 Å². The first-order chi connectivity index (χ1) is 8.91. The van der Waals surface area contributed by atoms with E-state index in [-0.39, 0.29) is 11.4 Å². The second-order valence-electron chi connectivity index (χ2n) is 6.09. The van der Waals surface area contributed by atoms with E-state index in [1.54, 1.807) is 16.7 Å². The first-order valence-electron chi connectivity index (χ1n) is 6.77. The highest BCUT2D eigenvalue weighted by molar-refractivity contribution is 7.99. The third kappa shape index (κ3) is 3.35. The van der Waals surface area contributed by atoms with Gasteiger partial charge >= 0.3 is 12.0 Å². The van der Waals surface area contributed by atoms with Crippen molar-refractivity contribution in [3.8, 4) is 0 Å². The minimum atomic E-state index is -0.892. The number of rotatable bonds is 1. The lowest BCUT2D eigenvalue weighted by Crippen LogP contribution is -2.57. The molecule has 0 saturated carbocycles. The third-order valence-corrected chi connectivity index (χ3v) is 4.85. The van der Waals surface area contributed by atoms with Gasteiger partial charge in [-0.25, -0.2) is 9.59 Å². The number of hydrogen-bond donors (Lipinski definition) is 1. The molecule has 2 saturated heterocycles. The highest BCUT2D eigenvalue weighted by Gasteiger charge is 2.37. The van der Waals surface area contributed by atoms with Gasteiger partial charge in [-0.1, -0.05) is 13.8 Å². The molecule has 0 radical (unpaired) electrons. The number of carboxylic acid groups (broad SMARTS) is 1. The van der Waals surface area contributed by atoms with Crippen LogP contribution >= 0.6 is 11.8 Å². The quantitative estimate of drug-likeness (QED) is 0.797. The Morgan fingerprint density at radius 3 is 2.68 bits per heavy atom. The van der Waals surface area contributed by atoms with Crippen LogP contribution in [0.2, 0.25) is 0 Å². The summed E-state index contributed by atoms with van der Waals surface area (Å²) in [6, 6.07) is -0.767. The number of thioether (sulfide) groups is 1. The molecule has 5 nitrogen and oxygen atoms in total. The third-order valence-electron chi connectivity index (χ3n) is 3.83. The van der Waals surface area contributed by atoms with Gasteiger partial charge in [-0.15, -0.1) is 0 Å². The number of hydrogen-bond acceptors (Lipinski definition) is 3. The molecule has 1 N–H and O–H groups in total. The average Bonchev–Trinajstić information content (AvgIpc) is 2.36. The van der Waals surface area contributed by atoms with Gasteiger partial charge < -0.3 is 14.9 Å². The van der Waals surface area contributed by atoms with E-state index in [0.717, 1.165) is 31.7 Å². The standard InChI is InChI=1S/C13H22N2O3S/c1-13(2)4-3-5-14(9-13)12(18)15-6-7-19-8-10(15)11(16)17/h10H,3-9H2,1-2H3,(H,16,17). The van der Waals surface area contributed by atoms with Gasteiger partial charge in [0.1, 0.15) is 6.04 Å². The second kappa shape index (κ2) is 5.61. The number of urea groups is 1. The van der Waals surface area contributed by atoms with Crippen molar-refractivity contribution in [1.29, 1.82) is 0 Å². The first-order valence-corrected chi connectivity index (χ1v) is 7.92. The van der Waals surface area contributed by atoms with Crippen molar-refractivity contribution < 1.29 is 14.7 Å². The Kier molecular flexibility index (Phi) is 4.28. The lowest BCUT2D eigenvalue weighted by atomic mass is 9.84. The lowest BCUT2D eigenvalue weighted by Gasteiger charge is -2.42. The SMILES string of the molecule is CC1(C)CCCN(C(=O)N2CCSCC2C(=O)O)C1. The fourth-order valence-corrected chi connectivity index (χ4v) is 3.84. The summed E-state index contributed by atoms with van der Waals surface area (Å²) in [5, 5.41) is 9.23. The maximum atomic E-state index is 12.5. The number of piperidine rings is 1. The Morgan fingerprint density at radius 2 is 2.05 bits per heavy atom. The van der Waals surface area contributed by atoms with Crippen LogP contribution in [0.1, 0.15) is 26.7 Å². The van der Waals surface area contributed by atoms with Crippen molar-refractivity contribution in [1.82, 2.24) is 9.80 Å². The van der Waals surface area contributed by atoms with E-state index in [0.29, 0.717) is 12.3 Å². The Morgan fingerprint density at radius 1 is 1.32 bits per heavy atom. The zero-order valence-electron chi connectivity index (χ0n) is 11.6.